The summed E-state index contributed by atoms with van der Waals surface area (Å²) in [6, 6.07) is 7.09. The van der Waals surface area contributed by atoms with Gasteiger partial charge in [0, 0.05) is 0 Å². The van der Waals surface area contributed by atoms with Crippen molar-refractivity contribution < 1.29 is 9.84 Å². The van der Waals surface area contributed by atoms with Crippen molar-refractivity contribution in [1.29, 1.82) is 0 Å². The third-order valence-corrected chi connectivity index (χ3v) is 1.51. The Balaban J connectivity index is 2.74. The Hall–Kier alpha value is -1.62. The first-order valence-electron chi connectivity index (χ1n) is 4.25. The lowest BCUT2D eigenvalue weighted by Crippen LogP contribution is -2.12. The predicted octanol–water partition coefficient (Wildman–Crippen LogP) is 1.40. The summed E-state index contributed by atoms with van der Waals surface area (Å²) in [7, 11) is 0. The molecule has 1 unspecified atom stereocenters. The van der Waals surface area contributed by atoms with Crippen LogP contribution in [0.3, 0.4) is 0 Å². The molecule has 0 spiro atoms. The molecule has 0 saturated heterocycles. The van der Waals surface area contributed by atoms with Crippen LogP contribution in [0.5, 0.6) is 5.75 Å². The van der Waals surface area contributed by atoms with Crippen molar-refractivity contribution in [2.45, 2.75) is 13.0 Å². The Labute approximate surface area is 82.2 Å². The third-order valence-electron chi connectivity index (χ3n) is 1.51. The van der Waals surface area contributed by atoms with Crippen molar-refractivity contribution in [3.8, 4) is 5.75 Å². The van der Waals surface area contributed by atoms with Gasteiger partial charge in [-0.3, -0.25) is 0 Å². The van der Waals surface area contributed by atoms with Crippen LogP contribution >= 0.6 is 0 Å². The van der Waals surface area contributed by atoms with Crippen LogP contribution in [0.15, 0.2) is 34.6 Å². The van der Waals surface area contributed by atoms with Crippen LogP contribution < -0.4 is 10.6 Å². The molecule has 0 amide bonds. The summed E-state index contributed by atoms with van der Waals surface area (Å²) < 4.78 is 5.29. The number of hydrogen-bond acceptors (Lipinski definition) is 4. The van der Waals surface area contributed by atoms with E-state index in [1.807, 2.05) is 6.07 Å². The van der Waals surface area contributed by atoms with Gasteiger partial charge in [-0.1, -0.05) is 17.4 Å². The fourth-order valence-corrected chi connectivity index (χ4v) is 0.934. The van der Waals surface area contributed by atoms with Crippen LogP contribution in [0.1, 0.15) is 6.92 Å². The number of ether oxygens (including phenoxy) is 1. The minimum Gasteiger partial charge on any atom is -0.489 e. The first-order chi connectivity index (χ1) is 6.74. The predicted molar refractivity (Wildman–Crippen MR) is 52.3 cm³/mol. The lowest BCUT2D eigenvalue weighted by molar-refractivity contribution is 0.123. The number of rotatable bonds is 4. The van der Waals surface area contributed by atoms with Crippen molar-refractivity contribution >= 4 is 5.69 Å². The normalized spacial score (nSPS) is 13.0. The molecule has 14 heavy (non-hydrogen) atoms. The Bertz CT molecular complexity index is 313. The molecule has 1 rings (SSSR count). The van der Waals surface area contributed by atoms with Gasteiger partial charge in [-0.15, -0.1) is 5.11 Å². The molecule has 0 bridgehead atoms. The van der Waals surface area contributed by atoms with Gasteiger partial charge in [-0.25, -0.2) is 0 Å². The molecule has 5 heteroatoms. The molecular weight excluding hydrogens is 182 g/mol. The molecule has 3 N–H and O–H groups in total. The van der Waals surface area contributed by atoms with Gasteiger partial charge in [0.25, 0.3) is 0 Å². The molecule has 0 heterocycles. The molecule has 5 nitrogen and oxygen atoms in total. The van der Waals surface area contributed by atoms with Gasteiger partial charge in [0.15, 0.2) is 0 Å². The first-order valence-corrected chi connectivity index (χ1v) is 4.25. The zero-order chi connectivity index (χ0) is 10.4. The molecule has 0 aliphatic carbocycles. The Morgan fingerprint density at radius 1 is 1.50 bits per heavy atom. The SMILES string of the molecule is CC(O)COc1ccccc1N=NN. The smallest absolute Gasteiger partial charge is 0.147 e. The molecule has 0 radical (unpaired) electrons. The lowest BCUT2D eigenvalue weighted by Gasteiger charge is -2.09. The molecule has 1 aromatic rings. The topological polar surface area (TPSA) is 80.2 Å². The number of para-hydroxylation sites is 1. The molecule has 0 saturated carbocycles. The van der Waals surface area contributed by atoms with Gasteiger partial charge in [0.1, 0.15) is 18.0 Å². The fourth-order valence-electron chi connectivity index (χ4n) is 0.934. The van der Waals surface area contributed by atoms with Crippen molar-refractivity contribution in [2.75, 3.05) is 6.61 Å². The van der Waals surface area contributed by atoms with Crippen molar-refractivity contribution in [2.24, 2.45) is 16.2 Å². The summed E-state index contributed by atoms with van der Waals surface area (Å²) in [5.41, 5.74) is 0.552. The van der Waals surface area contributed by atoms with Gasteiger partial charge in [0.05, 0.1) is 6.10 Å². The standard InChI is InChI=1S/C9H13N3O2/c1-7(13)6-14-9-5-3-2-4-8(9)11-12-10/h2-5,7,13H,6H2,1H3,(H2,10,11). The summed E-state index contributed by atoms with van der Waals surface area (Å²) in [5.74, 6) is 5.50. The van der Waals surface area contributed by atoms with E-state index in [0.29, 0.717) is 11.4 Å². The molecule has 1 atom stereocenters. The largest absolute Gasteiger partial charge is 0.489 e. The highest BCUT2D eigenvalue weighted by molar-refractivity contribution is 5.50. The second-order valence-electron chi connectivity index (χ2n) is 2.84. The van der Waals surface area contributed by atoms with Crippen LogP contribution in [0, 0.1) is 0 Å². The lowest BCUT2D eigenvalue weighted by atomic mass is 10.3. The second-order valence-corrected chi connectivity index (χ2v) is 2.84. The van der Waals surface area contributed by atoms with Gasteiger partial charge < -0.3 is 15.7 Å². The highest BCUT2D eigenvalue weighted by Crippen LogP contribution is 2.26. The fraction of sp³-hybridized carbons (Fsp3) is 0.333. The van der Waals surface area contributed by atoms with Crippen LogP contribution in [-0.4, -0.2) is 17.8 Å². The van der Waals surface area contributed by atoms with E-state index in [-0.39, 0.29) is 6.61 Å². The monoisotopic (exact) mass is 195 g/mol. The third kappa shape index (κ3) is 3.02. The molecule has 0 aliphatic rings. The molecule has 0 aromatic heterocycles. The minimum atomic E-state index is -0.516. The van der Waals surface area contributed by atoms with E-state index in [0.717, 1.165) is 0 Å². The highest BCUT2D eigenvalue weighted by atomic mass is 16.5. The molecule has 0 aliphatic heterocycles. The summed E-state index contributed by atoms with van der Waals surface area (Å²) in [4.78, 5) is 0. The maximum atomic E-state index is 9.03. The van der Waals surface area contributed by atoms with E-state index in [9.17, 15) is 0 Å². The number of aliphatic hydroxyl groups excluding tert-OH is 1. The maximum Gasteiger partial charge on any atom is 0.147 e. The number of nitrogens with two attached hydrogens (primary N) is 1. The zero-order valence-corrected chi connectivity index (χ0v) is 7.92. The number of benzene rings is 1. The minimum absolute atomic E-state index is 0.219. The van der Waals surface area contributed by atoms with E-state index in [1.54, 1.807) is 25.1 Å². The Morgan fingerprint density at radius 2 is 2.21 bits per heavy atom. The van der Waals surface area contributed by atoms with E-state index in [4.69, 9.17) is 15.7 Å². The van der Waals surface area contributed by atoms with Crippen molar-refractivity contribution in [3.05, 3.63) is 24.3 Å². The first kappa shape index (κ1) is 10.5. The Kier molecular flexibility index (Phi) is 3.87. The molecule has 1 aromatic carbocycles. The van der Waals surface area contributed by atoms with Gasteiger partial charge in [-0.2, -0.15) is 0 Å². The van der Waals surface area contributed by atoms with Gasteiger partial charge >= 0.3 is 0 Å². The summed E-state index contributed by atoms with van der Waals surface area (Å²) in [6.45, 7) is 1.87. The molecular formula is C9H13N3O2. The Morgan fingerprint density at radius 3 is 2.86 bits per heavy atom. The number of hydrogen-bond donors (Lipinski definition) is 2. The van der Waals surface area contributed by atoms with Crippen LogP contribution in [-0.2, 0) is 0 Å². The zero-order valence-electron chi connectivity index (χ0n) is 7.92. The number of nitrogens with zero attached hydrogens (tertiary/aromatic N) is 2. The van der Waals surface area contributed by atoms with E-state index in [2.05, 4.69) is 10.3 Å². The van der Waals surface area contributed by atoms with Crippen molar-refractivity contribution in [3.63, 3.8) is 0 Å². The average molecular weight is 195 g/mol. The van der Waals surface area contributed by atoms with Crippen LogP contribution in [0.25, 0.3) is 0 Å². The summed E-state index contributed by atoms with van der Waals surface area (Å²) in [5, 5.41) is 15.9. The molecule has 76 valence electrons. The summed E-state index contributed by atoms with van der Waals surface area (Å²) in [6.07, 6.45) is -0.516. The second kappa shape index (κ2) is 5.18. The maximum absolute atomic E-state index is 9.03. The van der Waals surface area contributed by atoms with E-state index in [1.165, 1.54) is 0 Å². The van der Waals surface area contributed by atoms with Gasteiger partial charge in [0.2, 0.25) is 0 Å². The van der Waals surface area contributed by atoms with E-state index >= 15 is 0 Å². The quantitative estimate of drug-likeness (QED) is 0.433. The molecule has 0 fully saturated rings. The van der Waals surface area contributed by atoms with Crippen LogP contribution in [0.2, 0.25) is 0 Å². The summed E-state index contributed by atoms with van der Waals surface area (Å²) >= 11 is 0. The van der Waals surface area contributed by atoms with E-state index < -0.39 is 6.10 Å². The van der Waals surface area contributed by atoms with Crippen LogP contribution in [0.4, 0.5) is 5.69 Å². The average Bonchev–Trinajstić information content (AvgIpc) is 2.17. The van der Waals surface area contributed by atoms with Crippen molar-refractivity contribution in [1.82, 2.24) is 0 Å². The van der Waals surface area contributed by atoms with Gasteiger partial charge in [-0.05, 0) is 19.1 Å². The number of aliphatic hydroxyl groups is 1. The highest BCUT2D eigenvalue weighted by Gasteiger charge is 2.03.